The molecule has 0 spiro atoms. The van der Waals surface area contributed by atoms with Gasteiger partial charge in [-0.05, 0) is 38.7 Å². The number of hydrogen-bond acceptors (Lipinski definition) is 5. The highest BCUT2D eigenvalue weighted by atomic mass is 16.5. The summed E-state index contributed by atoms with van der Waals surface area (Å²) in [4.78, 5) is 15.2. The van der Waals surface area contributed by atoms with Gasteiger partial charge in [0.25, 0.3) is 5.91 Å². The van der Waals surface area contributed by atoms with Crippen LogP contribution >= 0.6 is 0 Å². The van der Waals surface area contributed by atoms with E-state index in [0.717, 1.165) is 37.8 Å². The van der Waals surface area contributed by atoms with E-state index in [9.17, 15) is 4.79 Å². The van der Waals surface area contributed by atoms with Crippen molar-refractivity contribution < 1.29 is 9.32 Å². The van der Waals surface area contributed by atoms with Crippen LogP contribution in [0.3, 0.4) is 0 Å². The molecule has 0 saturated heterocycles. The highest BCUT2D eigenvalue weighted by molar-refractivity contribution is 5.96. The zero-order valence-electron chi connectivity index (χ0n) is 17.0. The van der Waals surface area contributed by atoms with Crippen LogP contribution in [0, 0.1) is 6.92 Å². The van der Waals surface area contributed by atoms with Gasteiger partial charge in [0.05, 0.1) is 23.6 Å². The summed E-state index contributed by atoms with van der Waals surface area (Å²) in [6.07, 6.45) is 8.58. The maximum absolute atomic E-state index is 12.6. The van der Waals surface area contributed by atoms with Crippen molar-refractivity contribution in [1.29, 1.82) is 0 Å². The molecule has 1 saturated carbocycles. The van der Waals surface area contributed by atoms with E-state index < -0.39 is 0 Å². The molecule has 7 heteroatoms. The number of hydrogen-bond donors (Lipinski definition) is 1. The Morgan fingerprint density at radius 1 is 1.25 bits per heavy atom. The highest BCUT2D eigenvalue weighted by Gasteiger charge is 2.25. The molecule has 0 bridgehead atoms. The van der Waals surface area contributed by atoms with Crippen LogP contribution < -0.4 is 5.32 Å². The molecule has 0 unspecified atom stereocenters. The number of rotatable bonds is 5. The summed E-state index contributed by atoms with van der Waals surface area (Å²) in [6, 6.07) is 2.88. The summed E-state index contributed by atoms with van der Waals surface area (Å²) in [5.41, 5.74) is 3.45. The van der Waals surface area contributed by atoms with E-state index in [4.69, 9.17) is 9.62 Å². The fourth-order valence-electron chi connectivity index (χ4n) is 4.60. The number of carbonyl (C=O) groups excluding carboxylic acids is 1. The molecule has 1 aliphatic heterocycles. The maximum Gasteiger partial charge on any atom is 0.257 e. The van der Waals surface area contributed by atoms with Gasteiger partial charge in [-0.2, -0.15) is 5.10 Å². The summed E-state index contributed by atoms with van der Waals surface area (Å²) in [5.74, 6) is 0.431. The summed E-state index contributed by atoms with van der Waals surface area (Å²) in [6.45, 7) is 7.26. The average Bonchev–Trinajstić information content (AvgIpc) is 3.23. The van der Waals surface area contributed by atoms with Crippen molar-refractivity contribution in [2.45, 2.75) is 84.5 Å². The molecular formula is C21H31N5O2. The van der Waals surface area contributed by atoms with E-state index in [1.165, 1.54) is 37.8 Å². The van der Waals surface area contributed by atoms with Gasteiger partial charge in [0.1, 0.15) is 11.3 Å². The van der Waals surface area contributed by atoms with E-state index in [-0.39, 0.29) is 5.91 Å². The molecule has 1 N–H and O–H groups in total. The van der Waals surface area contributed by atoms with Gasteiger partial charge in [-0.3, -0.25) is 14.4 Å². The molecular weight excluding hydrogens is 354 g/mol. The molecule has 1 aliphatic carbocycles. The van der Waals surface area contributed by atoms with E-state index in [2.05, 4.69) is 26.1 Å². The standard InChI is InChI=1S/C21H31N5O2/c1-3-19-20(15(2)28-24-19)21(27)22-13-16-12-18-14-25(10-7-11-26(18)23-16)17-8-5-4-6-9-17/h12,17H,3-11,13-14H2,1-2H3,(H,22,27). The van der Waals surface area contributed by atoms with Gasteiger partial charge in [0, 0.05) is 25.7 Å². The molecule has 1 amide bonds. The highest BCUT2D eigenvalue weighted by Crippen LogP contribution is 2.26. The molecule has 28 heavy (non-hydrogen) atoms. The van der Waals surface area contributed by atoms with Crippen LogP contribution in [0.2, 0.25) is 0 Å². The molecule has 1 fully saturated rings. The lowest BCUT2D eigenvalue weighted by Gasteiger charge is -2.33. The SMILES string of the molecule is CCc1noc(C)c1C(=O)NCc1cc2n(n1)CCCN(C1CCCCC1)C2. The Kier molecular flexibility index (Phi) is 5.80. The zero-order valence-corrected chi connectivity index (χ0v) is 17.0. The lowest BCUT2D eigenvalue weighted by molar-refractivity contribution is 0.0948. The third-order valence-electron chi connectivity index (χ3n) is 6.11. The molecule has 0 atom stereocenters. The first-order valence-electron chi connectivity index (χ1n) is 10.7. The lowest BCUT2D eigenvalue weighted by Crippen LogP contribution is -2.36. The minimum Gasteiger partial charge on any atom is -0.361 e. The van der Waals surface area contributed by atoms with E-state index in [1.54, 1.807) is 6.92 Å². The van der Waals surface area contributed by atoms with Crippen LogP contribution in [0.1, 0.15) is 78.6 Å². The van der Waals surface area contributed by atoms with Crippen LogP contribution in [0.4, 0.5) is 0 Å². The maximum atomic E-state index is 12.6. The molecule has 2 aromatic rings. The van der Waals surface area contributed by atoms with Crippen LogP contribution in [0.25, 0.3) is 0 Å². The number of fused-ring (bicyclic) bond motifs is 1. The Bertz CT molecular complexity index is 819. The molecule has 2 aromatic heterocycles. The Hall–Kier alpha value is -2.15. The molecule has 0 aromatic carbocycles. The number of aryl methyl sites for hydroxylation is 3. The van der Waals surface area contributed by atoms with Crippen LogP contribution in [-0.2, 0) is 26.1 Å². The second-order valence-electron chi connectivity index (χ2n) is 8.06. The fourth-order valence-corrected chi connectivity index (χ4v) is 4.60. The second-order valence-corrected chi connectivity index (χ2v) is 8.06. The minimum absolute atomic E-state index is 0.136. The van der Waals surface area contributed by atoms with E-state index >= 15 is 0 Å². The Labute approximate surface area is 166 Å². The summed E-state index contributed by atoms with van der Waals surface area (Å²) in [7, 11) is 0. The topological polar surface area (TPSA) is 76.2 Å². The number of amides is 1. The predicted octanol–water partition coefficient (Wildman–Crippen LogP) is 3.21. The van der Waals surface area contributed by atoms with Crippen molar-refractivity contribution >= 4 is 5.91 Å². The molecule has 4 rings (SSSR count). The van der Waals surface area contributed by atoms with Crippen molar-refractivity contribution in [3.05, 3.63) is 34.5 Å². The predicted molar refractivity (Wildman–Crippen MR) is 106 cm³/mol. The first kappa shape index (κ1) is 19.2. The van der Waals surface area contributed by atoms with Crippen molar-refractivity contribution in [2.24, 2.45) is 0 Å². The third-order valence-corrected chi connectivity index (χ3v) is 6.11. The van der Waals surface area contributed by atoms with Crippen molar-refractivity contribution in [1.82, 2.24) is 25.2 Å². The molecule has 2 aliphatic rings. The van der Waals surface area contributed by atoms with Gasteiger partial charge < -0.3 is 9.84 Å². The van der Waals surface area contributed by atoms with Gasteiger partial charge in [0.2, 0.25) is 0 Å². The van der Waals surface area contributed by atoms with Gasteiger partial charge in [-0.15, -0.1) is 0 Å². The lowest BCUT2D eigenvalue weighted by atomic mass is 9.94. The first-order chi connectivity index (χ1) is 13.7. The number of aromatic nitrogens is 3. The monoisotopic (exact) mass is 385 g/mol. The van der Waals surface area contributed by atoms with Crippen LogP contribution in [0.5, 0.6) is 0 Å². The molecule has 3 heterocycles. The van der Waals surface area contributed by atoms with Crippen molar-refractivity contribution in [3.8, 4) is 0 Å². The van der Waals surface area contributed by atoms with Crippen LogP contribution in [0.15, 0.2) is 10.6 Å². The normalized spacial score (nSPS) is 18.6. The van der Waals surface area contributed by atoms with Gasteiger partial charge in [-0.1, -0.05) is 31.3 Å². The van der Waals surface area contributed by atoms with Gasteiger partial charge in [-0.25, -0.2) is 0 Å². The van der Waals surface area contributed by atoms with E-state index in [1.807, 2.05) is 6.92 Å². The number of nitrogens with one attached hydrogen (secondary N) is 1. The Morgan fingerprint density at radius 2 is 2.07 bits per heavy atom. The Balaban J connectivity index is 1.41. The zero-order chi connectivity index (χ0) is 19.5. The fraction of sp³-hybridized carbons (Fsp3) is 0.667. The largest absolute Gasteiger partial charge is 0.361 e. The second kappa shape index (κ2) is 8.47. The quantitative estimate of drug-likeness (QED) is 0.855. The van der Waals surface area contributed by atoms with Gasteiger partial charge >= 0.3 is 0 Å². The summed E-state index contributed by atoms with van der Waals surface area (Å²) < 4.78 is 7.30. The Morgan fingerprint density at radius 3 is 2.86 bits per heavy atom. The number of nitrogens with zero attached hydrogens (tertiary/aromatic N) is 4. The van der Waals surface area contributed by atoms with Crippen molar-refractivity contribution in [2.75, 3.05) is 6.54 Å². The smallest absolute Gasteiger partial charge is 0.257 e. The molecule has 7 nitrogen and oxygen atoms in total. The molecule has 152 valence electrons. The molecule has 0 radical (unpaired) electrons. The summed E-state index contributed by atoms with van der Waals surface area (Å²) >= 11 is 0. The first-order valence-corrected chi connectivity index (χ1v) is 10.7. The third kappa shape index (κ3) is 3.99. The van der Waals surface area contributed by atoms with Crippen LogP contribution in [-0.4, -0.2) is 38.3 Å². The summed E-state index contributed by atoms with van der Waals surface area (Å²) in [5, 5.41) is 11.7. The number of carbonyl (C=O) groups is 1. The van der Waals surface area contributed by atoms with E-state index in [0.29, 0.717) is 30.0 Å². The average molecular weight is 386 g/mol. The van der Waals surface area contributed by atoms with Crippen molar-refractivity contribution in [3.63, 3.8) is 0 Å². The minimum atomic E-state index is -0.136. The van der Waals surface area contributed by atoms with Gasteiger partial charge in [0.15, 0.2) is 0 Å².